The normalized spacial score (nSPS) is 18.7. The maximum absolute atomic E-state index is 12.9. The number of tetrazole rings is 1. The van der Waals surface area contributed by atoms with Crippen molar-refractivity contribution in [1.82, 2.24) is 25.1 Å². The van der Waals surface area contributed by atoms with Crippen molar-refractivity contribution in [3.05, 3.63) is 36.2 Å². The van der Waals surface area contributed by atoms with E-state index in [1.54, 1.807) is 4.68 Å². The second kappa shape index (κ2) is 7.59. The average Bonchev–Trinajstić information content (AvgIpc) is 3.02. The van der Waals surface area contributed by atoms with E-state index in [-0.39, 0.29) is 5.91 Å². The van der Waals surface area contributed by atoms with Crippen LogP contribution in [0.5, 0.6) is 0 Å². The van der Waals surface area contributed by atoms with Crippen LogP contribution in [0, 0.1) is 0 Å². The molecule has 0 aliphatic carbocycles. The zero-order valence-electron chi connectivity index (χ0n) is 13.3. The van der Waals surface area contributed by atoms with Gasteiger partial charge in [0.15, 0.2) is 0 Å². The molecule has 1 saturated heterocycles. The largest absolute Gasteiger partial charge is 0.338 e. The van der Waals surface area contributed by atoms with Crippen molar-refractivity contribution in [3.63, 3.8) is 0 Å². The summed E-state index contributed by atoms with van der Waals surface area (Å²) in [6.07, 6.45) is 5.02. The molecule has 1 atom stereocenters. The van der Waals surface area contributed by atoms with Crippen molar-refractivity contribution in [2.75, 3.05) is 18.8 Å². The molecule has 0 radical (unpaired) electrons. The number of rotatable bonds is 4. The van der Waals surface area contributed by atoms with Crippen LogP contribution in [-0.2, 0) is 0 Å². The standard InChI is InChI=1S/C16H21N5OS/c1-2-23-15-8-3-4-9-20(11-15)16(22)13-6-5-7-14(10-13)21-12-17-18-19-21/h5-7,10,12,15H,2-4,8-9,11H2,1H3/t15-/m1/s1. The number of amides is 1. The van der Waals surface area contributed by atoms with Crippen molar-refractivity contribution >= 4 is 17.7 Å². The predicted octanol–water partition coefficient (Wildman–Crippen LogP) is 2.41. The van der Waals surface area contributed by atoms with E-state index in [0.29, 0.717) is 10.8 Å². The zero-order chi connectivity index (χ0) is 16.1. The minimum absolute atomic E-state index is 0.100. The number of carbonyl (C=O) groups is 1. The molecule has 1 aliphatic heterocycles. The monoisotopic (exact) mass is 331 g/mol. The number of likely N-dealkylation sites (tertiary alicyclic amines) is 1. The lowest BCUT2D eigenvalue weighted by molar-refractivity contribution is 0.0763. The van der Waals surface area contributed by atoms with Crippen molar-refractivity contribution in [1.29, 1.82) is 0 Å². The highest BCUT2D eigenvalue weighted by Gasteiger charge is 2.23. The Hall–Kier alpha value is -1.89. The second-order valence-electron chi connectivity index (χ2n) is 5.63. The number of thioether (sulfide) groups is 1. The number of hydrogen-bond acceptors (Lipinski definition) is 5. The highest BCUT2D eigenvalue weighted by Crippen LogP contribution is 2.23. The topological polar surface area (TPSA) is 63.9 Å². The molecule has 0 bridgehead atoms. The summed E-state index contributed by atoms with van der Waals surface area (Å²) in [4.78, 5) is 14.9. The summed E-state index contributed by atoms with van der Waals surface area (Å²) in [6, 6.07) is 7.49. The van der Waals surface area contributed by atoms with Gasteiger partial charge in [0.05, 0.1) is 5.69 Å². The highest BCUT2D eigenvalue weighted by molar-refractivity contribution is 7.99. The third kappa shape index (κ3) is 3.90. The molecule has 0 N–H and O–H groups in total. The van der Waals surface area contributed by atoms with Gasteiger partial charge in [0.1, 0.15) is 6.33 Å². The number of nitrogens with zero attached hydrogens (tertiary/aromatic N) is 5. The summed E-state index contributed by atoms with van der Waals surface area (Å²) in [6.45, 7) is 3.86. The Morgan fingerprint density at radius 2 is 2.30 bits per heavy atom. The fourth-order valence-electron chi connectivity index (χ4n) is 2.90. The SMILES string of the molecule is CCS[C@@H]1CCCCN(C(=O)c2cccc(-n3cnnn3)c2)C1. The van der Waals surface area contributed by atoms with E-state index in [1.807, 2.05) is 40.9 Å². The van der Waals surface area contributed by atoms with E-state index >= 15 is 0 Å². The molecule has 1 amide bonds. The Morgan fingerprint density at radius 1 is 1.39 bits per heavy atom. The van der Waals surface area contributed by atoms with Crippen molar-refractivity contribution in [2.45, 2.75) is 31.4 Å². The molecule has 1 aromatic heterocycles. The van der Waals surface area contributed by atoms with Crippen LogP contribution in [0.25, 0.3) is 5.69 Å². The lowest BCUT2D eigenvalue weighted by Gasteiger charge is -2.24. The molecule has 0 saturated carbocycles. The second-order valence-corrected chi connectivity index (χ2v) is 7.21. The van der Waals surface area contributed by atoms with Crippen LogP contribution in [0.2, 0.25) is 0 Å². The fraction of sp³-hybridized carbons (Fsp3) is 0.500. The van der Waals surface area contributed by atoms with Gasteiger partial charge in [0.25, 0.3) is 5.91 Å². The lowest BCUT2D eigenvalue weighted by atomic mass is 10.1. The van der Waals surface area contributed by atoms with Crippen LogP contribution in [0.1, 0.15) is 36.5 Å². The molecule has 0 spiro atoms. The van der Waals surface area contributed by atoms with Gasteiger partial charge in [0.2, 0.25) is 0 Å². The maximum Gasteiger partial charge on any atom is 0.253 e. The van der Waals surface area contributed by atoms with Gasteiger partial charge >= 0.3 is 0 Å². The molecule has 1 fully saturated rings. The summed E-state index contributed by atoms with van der Waals surface area (Å²) >= 11 is 1.96. The number of hydrogen-bond donors (Lipinski definition) is 0. The predicted molar refractivity (Wildman–Crippen MR) is 90.8 cm³/mol. The van der Waals surface area contributed by atoms with E-state index in [1.165, 1.54) is 19.2 Å². The molecule has 2 aromatic rings. The lowest BCUT2D eigenvalue weighted by Crippen LogP contribution is -2.35. The first kappa shape index (κ1) is 16.0. The maximum atomic E-state index is 12.9. The molecule has 23 heavy (non-hydrogen) atoms. The Kier molecular flexibility index (Phi) is 5.27. The van der Waals surface area contributed by atoms with E-state index in [9.17, 15) is 4.79 Å². The molecule has 6 nitrogen and oxygen atoms in total. The van der Waals surface area contributed by atoms with Gasteiger partial charge in [-0.15, -0.1) is 5.10 Å². The Morgan fingerprint density at radius 3 is 3.09 bits per heavy atom. The first-order chi connectivity index (χ1) is 11.3. The quantitative estimate of drug-likeness (QED) is 0.861. The average molecular weight is 331 g/mol. The highest BCUT2D eigenvalue weighted by atomic mass is 32.2. The molecule has 7 heteroatoms. The summed E-state index contributed by atoms with van der Waals surface area (Å²) in [7, 11) is 0. The first-order valence-electron chi connectivity index (χ1n) is 8.02. The minimum atomic E-state index is 0.100. The van der Waals surface area contributed by atoms with Gasteiger partial charge in [-0.05, 0) is 47.2 Å². The molecule has 1 aromatic carbocycles. The van der Waals surface area contributed by atoms with Crippen molar-refractivity contribution in [3.8, 4) is 5.69 Å². The molecule has 0 unspecified atom stereocenters. The fourth-order valence-corrected chi connectivity index (χ4v) is 3.99. The number of aromatic nitrogens is 4. The van der Waals surface area contributed by atoms with Gasteiger partial charge in [-0.3, -0.25) is 4.79 Å². The van der Waals surface area contributed by atoms with Crippen molar-refractivity contribution in [2.24, 2.45) is 0 Å². The molecule has 3 rings (SSSR count). The van der Waals surface area contributed by atoms with Gasteiger partial charge in [-0.1, -0.05) is 19.4 Å². The van der Waals surface area contributed by atoms with E-state index in [0.717, 1.165) is 31.0 Å². The van der Waals surface area contributed by atoms with Crippen LogP contribution in [0.4, 0.5) is 0 Å². The summed E-state index contributed by atoms with van der Waals surface area (Å²) in [5.41, 5.74) is 1.50. The molecular weight excluding hydrogens is 310 g/mol. The third-order valence-corrected chi connectivity index (χ3v) is 5.21. The third-order valence-electron chi connectivity index (χ3n) is 4.02. The van der Waals surface area contributed by atoms with Crippen molar-refractivity contribution < 1.29 is 4.79 Å². The van der Waals surface area contributed by atoms with E-state index in [2.05, 4.69) is 22.4 Å². The zero-order valence-corrected chi connectivity index (χ0v) is 14.1. The smallest absolute Gasteiger partial charge is 0.253 e. The Balaban J connectivity index is 1.78. The van der Waals surface area contributed by atoms with Crippen LogP contribution in [0.15, 0.2) is 30.6 Å². The van der Waals surface area contributed by atoms with Crippen LogP contribution in [0.3, 0.4) is 0 Å². The van der Waals surface area contributed by atoms with Gasteiger partial charge in [-0.2, -0.15) is 11.8 Å². The van der Waals surface area contributed by atoms with Gasteiger partial charge in [-0.25, -0.2) is 4.68 Å². The molecule has 122 valence electrons. The van der Waals surface area contributed by atoms with E-state index < -0.39 is 0 Å². The summed E-state index contributed by atoms with van der Waals surface area (Å²) in [5.74, 6) is 1.20. The van der Waals surface area contributed by atoms with Crippen LogP contribution < -0.4 is 0 Å². The Bertz CT molecular complexity index is 646. The number of benzene rings is 1. The van der Waals surface area contributed by atoms with Crippen LogP contribution in [-0.4, -0.2) is 55.1 Å². The first-order valence-corrected chi connectivity index (χ1v) is 9.07. The molecule has 2 heterocycles. The molecular formula is C16H21N5OS. The number of carbonyl (C=O) groups excluding carboxylic acids is 1. The van der Waals surface area contributed by atoms with Crippen LogP contribution >= 0.6 is 11.8 Å². The van der Waals surface area contributed by atoms with Gasteiger partial charge < -0.3 is 4.90 Å². The minimum Gasteiger partial charge on any atom is -0.338 e. The van der Waals surface area contributed by atoms with E-state index in [4.69, 9.17) is 0 Å². The van der Waals surface area contributed by atoms with Gasteiger partial charge in [0, 0.05) is 23.9 Å². The summed E-state index contributed by atoms with van der Waals surface area (Å²) in [5, 5.41) is 11.7. The summed E-state index contributed by atoms with van der Waals surface area (Å²) < 4.78 is 1.56. The molecule has 1 aliphatic rings. The Labute approximate surface area is 140 Å².